The van der Waals surface area contributed by atoms with E-state index in [0.717, 1.165) is 55.9 Å². The van der Waals surface area contributed by atoms with Gasteiger partial charge in [-0.1, -0.05) is 35.5 Å². The number of nitrogens with zero attached hydrogens (tertiary/aromatic N) is 2. The van der Waals surface area contributed by atoms with Crippen molar-refractivity contribution >= 4 is 28.8 Å². The molecule has 0 radical (unpaired) electrons. The quantitative estimate of drug-likeness (QED) is 0.400. The molecule has 3 N–H and O–H groups in total. The fourth-order valence-corrected chi connectivity index (χ4v) is 5.16. The standard InChI is InChI=1S/C26H37N3O3S/c1-21-4-2-5-23(20-22-6-8-24(9-7-22)28(14-17-30)15-18-31)25(21)10-12-27-11-3-13-29-16-19-33-26(29)32/h6-10,12,20,27,30-31H,2-5,11,13-19H2,1H3/b12-10-,23-20+. The van der Waals surface area contributed by atoms with Crippen molar-refractivity contribution in [2.45, 2.75) is 32.6 Å². The Bertz CT molecular complexity index is 858. The van der Waals surface area contributed by atoms with Crippen molar-refractivity contribution in [2.75, 3.05) is 56.6 Å². The molecule has 1 aromatic rings. The van der Waals surface area contributed by atoms with Crippen molar-refractivity contribution in [3.8, 4) is 0 Å². The molecular weight excluding hydrogens is 434 g/mol. The maximum absolute atomic E-state index is 11.7. The van der Waals surface area contributed by atoms with Crippen LogP contribution in [-0.2, 0) is 0 Å². The Morgan fingerprint density at radius 2 is 1.91 bits per heavy atom. The monoisotopic (exact) mass is 471 g/mol. The number of thioether (sulfide) groups is 1. The Morgan fingerprint density at radius 1 is 1.15 bits per heavy atom. The Hall–Kier alpha value is -2.22. The minimum Gasteiger partial charge on any atom is -0.395 e. The van der Waals surface area contributed by atoms with Crippen LogP contribution in [0.3, 0.4) is 0 Å². The number of benzene rings is 1. The molecule has 1 aromatic carbocycles. The molecule has 0 unspecified atom stereocenters. The second-order valence-electron chi connectivity index (χ2n) is 8.49. The Labute approximate surface area is 202 Å². The smallest absolute Gasteiger partial charge is 0.281 e. The molecule has 0 aromatic heterocycles. The van der Waals surface area contributed by atoms with Crippen molar-refractivity contribution < 1.29 is 15.0 Å². The molecule has 1 saturated heterocycles. The molecule has 33 heavy (non-hydrogen) atoms. The third-order valence-corrected chi connectivity index (χ3v) is 7.00. The lowest BCUT2D eigenvalue weighted by Crippen LogP contribution is -2.29. The number of allylic oxidation sites excluding steroid dienone is 4. The van der Waals surface area contributed by atoms with Gasteiger partial charge in [0.2, 0.25) is 0 Å². The summed E-state index contributed by atoms with van der Waals surface area (Å²) in [5.74, 6) is 0.918. The van der Waals surface area contributed by atoms with Gasteiger partial charge in [-0.25, -0.2) is 0 Å². The number of nitrogens with one attached hydrogen (secondary N) is 1. The first-order valence-electron chi connectivity index (χ1n) is 11.9. The van der Waals surface area contributed by atoms with Crippen LogP contribution in [0.15, 0.2) is 53.3 Å². The number of amides is 1. The first kappa shape index (κ1) is 25.4. The summed E-state index contributed by atoms with van der Waals surface area (Å²) in [5.41, 5.74) is 6.24. The summed E-state index contributed by atoms with van der Waals surface area (Å²) in [6.07, 6.45) is 10.8. The Kier molecular flexibility index (Phi) is 10.4. The molecule has 7 heteroatoms. The van der Waals surface area contributed by atoms with Gasteiger partial charge in [-0.15, -0.1) is 0 Å². The summed E-state index contributed by atoms with van der Waals surface area (Å²) in [4.78, 5) is 15.6. The first-order chi connectivity index (χ1) is 16.1. The molecule has 0 spiro atoms. The van der Waals surface area contributed by atoms with Gasteiger partial charge in [0.15, 0.2) is 0 Å². The topological polar surface area (TPSA) is 76.0 Å². The lowest BCUT2D eigenvalue weighted by atomic mass is 9.87. The molecule has 1 amide bonds. The third kappa shape index (κ3) is 7.66. The molecule has 0 atom stereocenters. The van der Waals surface area contributed by atoms with E-state index in [0.29, 0.717) is 13.1 Å². The number of aliphatic hydroxyl groups excluding tert-OH is 2. The number of carbonyl (C=O) groups excluding carboxylic acids is 1. The van der Waals surface area contributed by atoms with Crippen molar-refractivity contribution in [1.29, 1.82) is 0 Å². The highest BCUT2D eigenvalue weighted by Crippen LogP contribution is 2.32. The highest BCUT2D eigenvalue weighted by Gasteiger charge is 2.19. The summed E-state index contributed by atoms with van der Waals surface area (Å²) in [5, 5.41) is 22.1. The number of carbonyl (C=O) groups is 1. The van der Waals surface area contributed by atoms with E-state index in [4.69, 9.17) is 0 Å². The normalized spacial score (nSPS) is 18.1. The summed E-state index contributed by atoms with van der Waals surface area (Å²) in [7, 11) is 0. The van der Waals surface area contributed by atoms with Crippen molar-refractivity contribution in [2.24, 2.45) is 0 Å². The highest BCUT2D eigenvalue weighted by molar-refractivity contribution is 8.13. The van der Waals surface area contributed by atoms with Crippen molar-refractivity contribution in [3.63, 3.8) is 0 Å². The van der Waals surface area contributed by atoms with E-state index in [1.165, 1.54) is 34.9 Å². The van der Waals surface area contributed by atoms with E-state index < -0.39 is 0 Å². The second kappa shape index (κ2) is 13.5. The zero-order valence-electron chi connectivity index (χ0n) is 19.6. The number of aliphatic hydroxyl groups is 2. The minimum atomic E-state index is 0.0645. The van der Waals surface area contributed by atoms with Gasteiger partial charge in [-0.2, -0.15) is 0 Å². The van der Waals surface area contributed by atoms with E-state index in [1.54, 1.807) is 0 Å². The van der Waals surface area contributed by atoms with Gasteiger partial charge in [0.05, 0.1) is 13.2 Å². The predicted molar refractivity (Wildman–Crippen MR) is 139 cm³/mol. The van der Waals surface area contributed by atoms with E-state index in [1.807, 2.05) is 16.0 Å². The number of anilines is 1. The Balaban J connectivity index is 1.58. The number of hydrogen-bond acceptors (Lipinski definition) is 6. The van der Waals surface area contributed by atoms with Crippen LogP contribution in [0.1, 0.15) is 38.2 Å². The molecular formula is C26H37N3O3S. The molecule has 0 saturated carbocycles. The van der Waals surface area contributed by atoms with Gasteiger partial charge in [-0.05, 0) is 73.7 Å². The van der Waals surface area contributed by atoms with Gasteiger partial charge in [0.1, 0.15) is 0 Å². The lowest BCUT2D eigenvalue weighted by molar-refractivity contribution is 0.229. The largest absolute Gasteiger partial charge is 0.395 e. The van der Waals surface area contributed by atoms with Crippen molar-refractivity contribution in [1.82, 2.24) is 10.2 Å². The zero-order chi connectivity index (χ0) is 23.5. The van der Waals surface area contributed by atoms with E-state index in [9.17, 15) is 15.0 Å². The van der Waals surface area contributed by atoms with E-state index >= 15 is 0 Å². The zero-order valence-corrected chi connectivity index (χ0v) is 20.4. The van der Waals surface area contributed by atoms with Crippen LogP contribution in [0, 0.1) is 0 Å². The Morgan fingerprint density at radius 3 is 2.58 bits per heavy atom. The maximum Gasteiger partial charge on any atom is 0.281 e. The highest BCUT2D eigenvalue weighted by atomic mass is 32.2. The molecule has 0 bridgehead atoms. The van der Waals surface area contributed by atoms with Crippen LogP contribution in [0.2, 0.25) is 0 Å². The van der Waals surface area contributed by atoms with Crippen LogP contribution in [-0.4, -0.2) is 72.0 Å². The predicted octanol–water partition coefficient (Wildman–Crippen LogP) is 4.02. The second-order valence-corrected chi connectivity index (χ2v) is 9.53. The molecule has 180 valence electrons. The van der Waals surface area contributed by atoms with Gasteiger partial charge in [0, 0.05) is 44.2 Å². The fourth-order valence-electron chi connectivity index (χ4n) is 4.31. The maximum atomic E-state index is 11.7. The lowest BCUT2D eigenvalue weighted by Gasteiger charge is -2.23. The van der Waals surface area contributed by atoms with Crippen LogP contribution >= 0.6 is 11.8 Å². The van der Waals surface area contributed by atoms with E-state index in [-0.39, 0.29) is 18.5 Å². The SMILES string of the molecule is CC1=C(/C=C\NCCCN2CCSC2=O)/C(=C/c2ccc(N(CCO)CCO)cc2)CCC1. The molecule has 6 nitrogen and oxygen atoms in total. The summed E-state index contributed by atoms with van der Waals surface area (Å²) < 4.78 is 0. The molecule has 3 rings (SSSR count). The van der Waals surface area contributed by atoms with E-state index in [2.05, 4.69) is 48.7 Å². The molecule has 1 heterocycles. The molecule has 1 aliphatic carbocycles. The average molecular weight is 472 g/mol. The summed E-state index contributed by atoms with van der Waals surface area (Å²) in [6.45, 7) is 5.93. The number of hydrogen-bond donors (Lipinski definition) is 3. The fraction of sp³-hybridized carbons (Fsp3) is 0.500. The van der Waals surface area contributed by atoms with Gasteiger partial charge in [-0.3, -0.25) is 4.79 Å². The molecule has 1 aliphatic heterocycles. The van der Waals surface area contributed by atoms with Crippen LogP contribution in [0.25, 0.3) is 6.08 Å². The summed E-state index contributed by atoms with van der Waals surface area (Å²) >= 11 is 1.42. The van der Waals surface area contributed by atoms with Crippen LogP contribution in [0.5, 0.6) is 0 Å². The van der Waals surface area contributed by atoms with Crippen molar-refractivity contribution in [3.05, 3.63) is 58.8 Å². The van der Waals surface area contributed by atoms with Crippen LogP contribution < -0.4 is 10.2 Å². The first-order valence-corrected chi connectivity index (χ1v) is 12.9. The third-order valence-electron chi connectivity index (χ3n) is 6.10. The van der Waals surface area contributed by atoms with Gasteiger partial charge < -0.3 is 25.3 Å². The summed E-state index contributed by atoms with van der Waals surface area (Å²) in [6, 6.07) is 8.31. The van der Waals surface area contributed by atoms with Gasteiger partial charge in [0.25, 0.3) is 5.24 Å². The van der Waals surface area contributed by atoms with Gasteiger partial charge >= 0.3 is 0 Å². The number of rotatable bonds is 12. The molecule has 1 fully saturated rings. The van der Waals surface area contributed by atoms with Crippen LogP contribution in [0.4, 0.5) is 10.5 Å². The molecule has 2 aliphatic rings. The average Bonchev–Trinajstić information content (AvgIpc) is 3.22. The minimum absolute atomic E-state index is 0.0645.